The zero-order valence-electron chi connectivity index (χ0n) is 15.9. The van der Waals surface area contributed by atoms with Crippen LogP contribution in [-0.4, -0.2) is 47.1 Å². The van der Waals surface area contributed by atoms with E-state index in [0.29, 0.717) is 19.3 Å². The lowest BCUT2D eigenvalue weighted by molar-refractivity contribution is -0.148. The van der Waals surface area contributed by atoms with Crippen molar-refractivity contribution >= 4 is 11.9 Å². The molecule has 6 nitrogen and oxygen atoms in total. The van der Waals surface area contributed by atoms with Gasteiger partial charge in [0.15, 0.2) is 0 Å². The smallest absolute Gasteiger partial charge is 0.336 e. The van der Waals surface area contributed by atoms with Crippen molar-refractivity contribution < 1.29 is 29.3 Å². The number of carbonyl (C=O) groups excluding carboxylic acids is 2. The van der Waals surface area contributed by atoms with Gasteiger partial charge in [-0.3, -0.25) is 0 Å². The maximum absolute atomic E-state index is 12.5. The van der Waals surface area contributed by atoms with Crippen LogP contribution in [0.4, 0.5) is 0 Å². The maximum atomic E-state index is 12.5. The predicted molar refractivity (Wildman–Crippen MR) is 101 cm³/mol. The molecule has 1 heterocycles. The summed E-state index contributed by atoms with van der Waals surface area (Å²) in [6.45, 7) is 11.0. The van der Waals surface area contributed by atoms with Gasteiger partial charge in [0.1, 0.15) is 12.2 Å². The Labute approximate surface area is 159 Å². The summed E-state index contributed by atoms with van der Waals surface area (Å²) in [5.41, 5.74) is 1.98. The second-order valence-corrected chi connectivity index (χ2v) is 7.09. The van der Waals surface area contributed by atoms with Crippen LogP contribution in [0, 0.1) is 5.92 Å². The topological polar surface area (TPSA) is 93.1 Å². The molecule has 1 aliphatic heterocycles. The molecule has 1 fully saturated rings. The molecule has 2 N–H and O–H groups in total. The Balaban J connectivity index is 2.36. The van der Waals surface area contributed by atoms with Crippen LogP contribution in [0.1, 0.15) is 39.5 Å². The normalized spacial score (nSPS) is 30.9. The van der Waals surface area contributed by atoms with Crippen molar-refractivity contribution in [3.05, 3.63) is 47.6 Å². The molecule has 1 aliphatic carbocycles. The van der Waals surface area contributed by atoms with Crippen molar-refractivity contribution in [2.75, 3.05) is 6.61 Å². The van der Waals surface area contributed by atoms with Gasteiger partial charge in [-0.2, -0.15) is 0 Å². The van der Waals surface area contributed by atoms with Gasteiger partial charge in [0.2, 0.25) is 0 Å². The molecular formula is C21H28O6. The van der Waals surface area contributed by atoms with Crippen molar-refractivity contribution in [3.8, 4) is 0 Å². The van der Waals surface area contributed by atoms with Crippen molar-refractivity contribution in [3.63, 3.8) is 0 Å². The molecule has 0 radical (unpaired) electrons. The van der Waals surface area contributed by atoms with Gasteiger partial charge in [-0.25, -0.2) is 9.59 Å². The first kappa shape index (κ1) is 21.1. The molecule has 2 aliphatic rings. The summed E-state index contributed by atoms with van der Waals surface area (Å²) >= 11 is 0. The quantitative estimate of drug-likeness (QED) is 0.435. The summed E-state index contributed by atoms with van der Waals surface area (Å²) in [7, 11) is 0. The van der Waals surface area contributed by atoms with E-state index in [2.05, 4.69) is 13.2 Å². The Bertz CT molecular complexity index is 687. The van der Waals surface area contributed by atoms with Gasteiger partial charge in [-0.15, -0.1) is 0 Å². The molecule has 148 valence electrons. The summed E-state index contributed by atoms with van der Waals surface area (Å²) < 4.78 is 11.1. The maximum Gasteiger partial charge on any atom is 0.336 e. The number of ether oxygens (including phenoxy) is 2. The minimum atomic E-state index is -0.977. The van der Waals surface area contributed by atoms with E-state index >= 15 is 0 Å². The third-order valence-corrected chi connectivity index (χ3v) is 5.06. The first-order valence-electron chi connectivity index (χ1n) is 9.22. The monoisotopic (exact) mass is 376 g/mol. The van der Waals surface area contributed by atoms with Crippen LogP contribution >= 0.6 is 0 Å². The van der Waals surface area contributed by atoms with Crippen molar-refractivity contribution in [2.24, 2.45) is 5.92 Å². The van der Waals surface area contributed by atoms with Gasteiger partial charge in [0.05, 0.1) is 24.2 Å². The highest BCUT2D eigenvalue weighted by atomic mass is 16.6. The zero-order chi connectivity index (χ0) is 20.1. The fourth-order valence-electron chi connectivity index (χ4n) is 3.37. The predicted octanol–water partition coefficient (Wildman–Crippen LogP) is 2.37. The standard InChI is InChI=1S/C21H28O6/c1-5-16(23)13(3)20(24)26-17-9-12(2)7-6-8-15(11-22)10-18-19(17)14(4)21(25)27-18/h7,10,16-19,22-23H,3-6,8-9,11H2,1-2H3/b12-7+,15-10-/t16-,17-,18+,19+/m0/s1. The van der Waals surface area contributed by atoms with E-state index in [-0.39, 0.29) is 17.8 Å². The minimum absolute atomic E-state index is 0.0183. The van der Waals surface area contributed by atoms with Gasteiger partial charge in [0.25, 0.3) is 0 Å². The molecular weight excluding hydrogens is 348 g/mol. The summed E-state index contributed by atoms with van der Waals surface area (Å²) in [6, 6.07) is 0. The molecule has 0 aromatic carbocycles. The van der Waals surface area contributed by atoms with Gasteiger partial charge in [-0.1, -0.05) is 31.7 Å². The highest BCUT2D eigenvalue weighted by Gasteiger charge is 2.44. The molecule has 0 amide bonds. The lowest BCUT2D eigenvalue weighted by atomic mass is 9.85. The van der Waals surface area contributed by atoms with E-state index in [1.807, 2.05) is 13.0 Å². The number of esters is 2. The highest BCUT2D eigenvalue weighted by Crippen LogP contribution is 2.36. The zero-order valence-corrected chi connectivity index (χ0v) is 15.9. The molecule has 6 heteroatoms. The number of carbonyl (C=O) groups is 2. The van der Waals surface area contributed by atoms with Crippen LogP contribution < -0.4 is 0 Å². The van der Waals surface area contributed by atoms with Crippen molar-refractivity contribution in [1.82, 2.24) is 0 Å². The Morgan fingerprint density at radius 3 is 2.81 bits per heavy atom. The minimum Gasteiger partial charge on any atom is -0.458 e. The Hall–Kier alpha value is -2.18. The average molecular weight is 376 g/mol. The van der Waals surface area contributed by atoms with Gasteiger partial charge >= 0.3 is 11.9 Å². The second kappa shape index (κ2) is 9.15. The SMILES string of the molecule is C=C1C(=O)O[C@@H]2/C=C(\CO)CC/C=C(\C)C[C@H](OC(=O)C(=C)[C@@H](O)CC)[C@@H]12. The highest BCUT2D eigenvalue weighted by molar-refractivity contribution is 5.92. The van der Waals surface area contributed by atoms with Crippen LogP contribution in [0.2, 0.25) is 0 Å². The van der Waals surface area contributed by atoms with Gasteiger partial charge in [-0.05, 0) is 37.8 Å². The van der Waals surface area contributed by atoms with Gasteiger partial charge in [0, 0.05) is 12.0 Å². The second-order valence-electron chi connectivity index (χ2n) is 7.09. The lowest BCUT2D eigenvalue weighted by Gasteiger charge is -2.28. The van der Waals surface area contributed by atoms with Crippen molar-refractivity contribution in [1.29, 1.82) is 0 Å². The van der Waals surface area contributed by atoms with E-state index < -0.39 is 36.2 Å². The molecule has 0 aromatic heterocycles. The molecule has 2 rings (SSSR count). The van der Waals surface area contributed by atoms with E-state index in [4.69, 9.17) is 9.47 Å². The molecule has 0 saturated carbocycles. The fraction of sp³-hybridized carbons (Fsp3) is 0.524. The largest absolute Gasteiger partial charge is 0.458 e. The number of hydrogen-bond acceptors (Lipinski definition) is 6. The number of hydrogen-bond donors (Lipinski definition) is 2. The number of allylic oxidation sites excluding steroid dienone is 1. The van der Waals surface area contributed by atoms with Crippen LogP contribution in [0.5, 0.6) is 0 Å². The number of aliphatic hydroxyl groups is 2. The average Bonchev–Trinajstić information content (AvgIpc) is 2.92. The van der Waals surface area contributed by atoms with Crippen LogP contribution in [0.25, 0.3) is 0 Å². The first-order valence-corrected chi connectivity index (χ1v) is 9.22. The van der Waals surface area contributed by atoms with E-state index in [1.54, 1.807) is 13.0 Å². The summed E-state index contributed by atoms with van der Waals surface area (Å²) in [5, 5.41) is 19.4. The van der Waals surface area contributed by atoms with Crippen LogP contribution in [0.3, 0.4) is 0 Å². The molecule has 27 heavy (non-hydrogen) atoms. The van der Waals surface area contributed by atoms with Gasteiger partial charge < -0.3 is 19.7 Å². The van der Waals surface area contributed by atoms with Crippen LogP contribution in [-0.2, 0) is 19.1 Å². The molecule has 0 unspecified atom stereocenters. The Morgan fingerprint density at radius 2 is 2.19 bits per heavy atom. The van der Waals surface area contributed by atoms with Crippen LogP contribution in [0.15, 0.2) is 47.6 Å². The third-order valence-electron chi connectivity index (χ3n) is 5.06. The summed E-state index contributed by atoms with van der Waals surface area (Å²) in [5.74, 6) is -1.79. The summed E-state index contributed by atoms with van der Waals surface area (Å²) in [6.07, 6.45) is 3.59. The third kappa shape index (κ3) is 4.96. The summed E-state index contributed by atoms with van der Waals surface area (Å²) in [4.78, 5) is 24.6. The van der Waals surface area contributed by atoms with Crippen molar-refractivity contribution in [2.45, 2.75) is 57.8 Å². The number of aliphatic hydroxyl groups excluding tert-OH is 2. The van der Waals surface area contributed by atoms with E-state index in [9.17, 15) is 19.8 Å². The first-order chi connectivity index (χ1) is 12.8. The number of rotatable bonds is 5. The molecule has 0 aromatic rings. The number of fused-ring (bicyclic) bond motifs is 1. The molecule has 0 bridgehead atoms. The van der Waals surface area contributed by atoms with E-state index in [0.717, 1.165) is 17.6 Å². The Kier molecular flexibility index (Phi) is 7.16. The Morgan fingerprint density at radius 1 is 1.48 bits per heavy atom. The molecule has 0 spiro atoms. The van der Waals surface area contributed by atoms with E-state index in [1.165, 1.54) is 0 Å². The molecule has 4 atom stereocenters. The fourth-order valence-corrected chi connectivity index (χ4v) is 3.37. The lowest BCUT2D eigenvalue weighted by Crippen LogP contribution is -2.35. The molecule has 1 saturated heterocycles.